The number of esters is 1. The van der Waals surface area contributed by atoms with Crippen molar-refractivity contribution in [3.63, 3.8) is 0 Å². The number of benzene rings is 3. The number of hydrogen-bond donors (Lipinski definition) is 0. The third-order valence-corrected chi connectivity index (χ3v) is 5.49. The third-order valence-electron chi connectivity index (χ3n) is 4.95. The molecule has 0 fully saturated rings. The number of ether oxygens (including phenoxy) is 2. The van der Waals surface area contributed by atoms with Crippen molar-refractivity contribution < 1.29 is 14.3 Å². The maximum absolute atomic E-state index is 13.3. The number of rotatable bonds is 4. The fourth-order valence-electron chi connectivity index (χ4n) is 3.54. The van der Waals surface area contributed by atoms with Crippen LogP contribution in [-0.2, 0) is 0 Å². The fraction of sp³-hybridized carbons (Fsp3) is 0.120. The first-order valence-electron chi connectivity index (χ1n) is 9.60. The van der Waals surface area contributed by atoms with Crippen molar-refractivity contribution in [2.24, 2.45) is 0 Å². The summed E-state index contributed by atoms with van der Waals surface area (Å²) in [6.07, 6.45) is 0. The average Bonchev–Trinajstić information content (AvgIpc) is 2.73. The van der Waals surface area contributed by atoms with Crippen LogP contribution in [0.5, 0.6) is 11.5 Å². The molecule has 1 heterocycles. The minimum atomic E-state index is -0.506. The average molecular weight is 452 g/mol. The van der Waals surface area contributed by atoms with Gasteiger partial charge in [-0.25, -0.2) is 9.78 Å². The van der Waals surface area contributed by atoms with Gasteiger partial charge >= 0.3 is 5.97 Å². The smallest absolute Gasteiger partial charge is 0.344 e. The summed E-state index contributed by atoms with van der Waals surface area (Å²) in [6, 6.07) is 17.9. The second-order valence-corrected chi connectivity index (χ2v) is 8.04. The number of aromatic nitrogens is 1. The van der Waals surface area contributed by atoms with Gasteiger partial charge in [-0.3, -0.25) is 0 Å². The van der Waals surface area contributed by atoms with Gasteiger partial charge in [0.15, 0.2) is 11.5 Å². The highest BCUT2D eigenvalue weighted by atomic mass is 35.5. The van der Waals surface area contributed by atoms with Crippen LogP contribution >= 0.6 is 23.2 Å². The first kappa shape index (κ1) is 21.2. The van der Waals surface area contributed by atoms with E-state index in [1.54, 1.807) is 42.5 Å². The van der Waals surface area contributed by atoms with Crippen LogP contribution in [0.1, 0.15) is 21.5 Å². The predicted molar refractivity (Wildman–Crippen MR) is 125 cm³/mol. The lowest BCUT2D eigenvalue weighted by Crippen LogP contribution is -2.11. The molecular weight excluding hydrogens is 433 g/mol. The Morgan fingerprint density at radius 2 is 1.68 bits per heavy atom. The molecule has 0 aliphatic heterocycles. The number of nitrogens with zero attached hydrogens (tertiary/aromatic N) is 1. The molecule has 0 aliphatic carbocycles. The Hall–Kier alpha value is -3.08. The number of hydrogen-bond acceptors (Lipinski definition) is 4. The van der Waals surface area contributed by atoms with Crippen molar-refractivity contribution >= 4 is 40.1 Å². The van der Waals surface area contributed by atoms with Crippen LogP contribution in [0.25, 0.3) is 22.2 Å². The van der Waals surface area contributed by atoms with Crippen LogP contribution in [0.3, 0.4) is 0 Å². The number of para-hydroxylation sites is 2. The molecule has 4 nitrogen and oxygen atoms in total. The van der Waals surface area contributed by atoms with E-state index in [9.17, 15) is 4.79 Å². The van der Waals surface area contributed by atoms with Gasteiger partial charge in [-0.1, -0.05) is 47.0 Å². The molecule has 0 atom stereocenters. The van der Waals surface area contributed by atoms with Crippen molar-refractivity contribution in [2.45, 2.75) is 13.8 Å². The number of carbonyl (C=O) groups excluding carboxylic acids is 1. The van der Waals surface area contributed by atoms with E-state index >= 15 is 0 Å². The Bertz CT molecular complexity index is 1320. The van der Waals surface area contributed by atoms with E-state index in [4.69, 9.17) is 37.7 Å². The second-order valence-electron chi connectivity index (χ2n) is 7.20. The normalized spacial score (nSPS) is 10.9. The van der Waals surface area contributed by atoms with Crippen LogP contribution in [0, 0.1) is 13.8 Å². The Morgan fingerprint density at radius 1 is 0.935 bits per heavy atom. The van der Waals surface area contributed by atoms with Crippen molar-refractivity contribution in [3.05, 3.63) is 87.4 Å². The van der Waals surface area contributed by atoms with E-state index in [-0.39, 0.29) is 0 Å². The molecule has 0 saturated carbocycles. The molecular formula is C25H19Cl2NO3. The topological polar surface area (TPSA) is 48.4 Å². The number of halogens is 2. The Labute approximate surface area is 190 Å². The highest BCUT2D eigenvalue weighted by Gasteiger charge is 2.20. The zero-order valence-corrected chi connectivity index (χ0v) is 18.7. The Kier molecular flexibility index (Phi) is 5.86. The van der Waals surface area contributed by atoms with Crippen molar-refractivity contribution in [2.75, 3.05) is 7.11 Å². The molecule has 0 spiro atoms. The van der Waals surface area contributed by atoms with Gasteiger partial charge in [-0.15, -0.1) is 0 Å². The molecule has 0 amide bonds. The lowest BCUT2D eigenvalue weighted by atomic mass is 10.00. The summed E-state index contributed by atoms with van der Waals surface area (Å²) in [6.45, 7) is 3.94. The number of aryl methyl sites for hydroxylation is 2. The van der Waals surface area contributed by atoms with E-state index < -0.39 is 5.97 Å². The summed E-state index contributed by atoms with van der Waals surface area (Å²) in [7, 11) is 1.53. The Morgan fingerprint density at radius 3 is 2.39 bits per heavy atom. The number of fused-ring (bicyclic) bond motifs is 1. The van der Waals surface area contributed by atoms with Crippen molar-refractivity contribution in [1.29, 1.82) is 0 Å². The molecule has 0 N–H and O–H groups in total. The summed E-state index contributed by atoms with van der Waals surface area (Å²) in [4.78, 5) is 18.1. The predicted octanol–water partition coefficient (Wildman–Crippen LogP) is 7.05. The van der Waals surface area contributed by atoms with Crippen LogP contribution in [0.2, 0.25) is 10.0 Å². The number of carbonyl (C=O) groups is 1. The van der Waals surface area contributed by atoms with Gasteiger partial charge in [-0.2, -0.15) is 0 Å². The van der Waals surface area contributed by atoms with E-state index in [1.165, 1.54) is 7.11 Å². The van der Waals surface area contributed by atoms with Crippen molar-refractivity contribution in [3.8, 4) is 22.8 Å². The second kappa shape index (κ2) is 8.58. The van der Waals surface area contributed by atoms with Crippen molar-refractivity contribution in [1.82, 2.24) is 4.98 Å². The minimum Gasteiger partial charge on any atom is -0.493 e. The quantitative estimate of drug-likeness (QED) is 0.246. The van der Waals surface area contributed by atoms with Gasteiger partial charge in [0.1, 0.15) is 0 Å². The van der Waals surface area contributed by atoms with Gasteiger partial charge in [0.2, 0.25) is 0 Å². The largest absolute Gasteiger partial charge is 0.493 e. The number of pyridine rings is 1. The third kappa shape index (κ3) is 4.22. The number of methoxy groups -OCH3 is 1. The summed E-state index contributed by atoms with van der Waals surface area (Å²) >= 11 is 12.5. The summed E-state index contributed by atoms with van der Waals surface area (Å²) in [5.41, 5.74) is 4.32. The molecule has 0 aliphatic rings. The van der Waals surface area contributed by atoms with Crippen LogP contribution < -0.4 is 9.47 Å². The van der Waals surface area contributed by atoms with Crippen LogP contribution in [-0.4, -0.2) is 18.1 Å². The van der Waals surface area contributed by atoms with Crippen LogP contribution in [0.4, 0.5) is 0 Å². The molecule has 0 bridgehead atoms. The molecule has 31 heavy (non-hydrogen) atoms. The van der Waals surface area contributed by atoms with Gasteiger partial charge in [0, 0.05) is 16.0 Å². The molecule has 3 aromatic carbocycles. The SMILES string of the molecule is COc1ccccc1OC(=O)c1cc(-c2ccc(Cl)cc2Cl)nc2c(C)cc(C)cc12. The molecule has 4 aromatic rings. The highest BCUT2D eigenvalue weighted by molar-refractivity contribution is 6.36. The molecule has 1 aromatic heterocycles. The lowest BCUT2D eigenvalue weighted by Gasteiger charge is -2.14. The van der Waals surface area contributed by atoms with E-state index in [1.807, 2.05) is 32.0 Å². The zero-order chi connectivity index (χ0) is 22.1. The summed E-state index contributed by atoms with van der Waals surface area (Å²) < 4.78 is 11.0. The molecule has 0 unspecified atom stereocenters. The Balaban J connectivity index is 1.91. The van der Waals surface area contributed by atoms with E-state index in [0.29, 0.717) is 49.3 Å². The molecule has 0 saturated heterocycles. The van der Waals surface area contributed by atoms with Gasteiger partial charge in [0.25, 0.3) is 0 Å². The van der Waals surface area contributed by atoms with E-state index in [2.05, 4.69) is 0 Å². The van der Waals surface area contributed by atoms with E-state index in [0.717, 1.165) is 11.1 Å². The summed E-state index contributed by atoms with van der Waals surface area (Å²) in [5.74, 6) is 0.311. The molecule has 4 rings (SSSR count). The minimum absolute atomic E-state index is 0.343. The first-order valence-corrected chi connectivity index (χ1v) is 10.4. The zero-order valence-electron chi connectivity index (χ0n) is 17.2. The fourth-order valence-corrected chi connectivity index (χ4v) is 4.05. The molecule has 0 radical (unpaired) electrons. The van der Waals surface area contributed by atoms with Gasteiger partial charge < -0.3 is 9.47 Å². The van der Waals surface area contributed by atoms with Gasteiger partial charge in [0.05, 0.1) is 28.9 Å². The summed E-state index contributed by atoms with van der Waals surface area (Å²) in [5, 5.41) is 1.69. The maximum atomic E-state index is 13.3. The van der Waals surface area contributed by atoms with Gasteiger partial charge in [-0.05, 0) is 61.9 Å². The maximum Gasteiger partial charge on any atom is 0.344 e. The first-order chi connectivity index (χ1) is 14.9. The molecule has 6 heteroatoms. The monoisotopic (exact) mass is 451 g/mol. The highest BCUT2D eigenvalue weighted by Crippen LogP contribution is 2.34. The lowest BCUT2D eigenvalue weighted by molar-refractivity contribution is 0.0732. The van der Waals surface area contributed by atoms with Crippen LogP contribution in [0.15, 0.2) is 60.7 Å². The standard InChI is InChI=1S/C25H19Cl2NO3/c1-14-10-15(2)24-18(11-14)19(25(29)31-23-7-5-4-6-22(23)30-3)13-21(28-24)17-9-8-16(26)12-20(17)27/h4-13H,1-3H3. The molecule has 156 valence electrons.